The third kappa shape index (κ3) is 4.45. The minimum Gasteiger partial charge on any atom is -0.364 e. The van der Waals surface area contributed by atoms with E-state index in [0.29, 0.717) is 22.3 Å². The highest BCUT2D eigenvalue weighted by molar-refractivity contribution is 7.67. The zero-order valence-corrected chi connectivity index (χ0v) is 18.4. The van der Waals surface area contributed by atoms with E-state index in [2.05, 4.69) is 9.27 Å². The average molecular weight is 490 g/mol. The van der Waals surface area contributed by atoms with Crippen molar-refractivity contribution in [3.63, 3.8) is 0 Å². The van der Waals surface area contributed by atoms with Crippen molar-refractivity contribution in [1.82, 2.24) is 9.55 Å². The average Bonchev–Trinajstić information content (AvgIpc) is 3.17. The molecule has 2 heterocycles. The Bertz CT molecular complexity index is 1470. The number of thiol groups is 1. The van der Waals surface area contributed by atoms with Crippen molar-refractivity contribution < 1.29 is 30.7 Å². The quantitative estimate of drug-likeness (QED) is 0.315. The van der Waals surface area contributed by atoms with Gasteiger partial charge in [0.25, 0.3) is 16.9 Å². The van der Waals surface area contributed by atoms with Crippen LogP contribution in [-0.2, 0) is 21.4 Å². The van der Waals surface area contributed by atoms with E-state index < -0.39 is 28.8 Å². The van der Waals surface area contributed by atoms with Crippen LogP contribution < -0.4 is 10.8 Å². The zero-order valence-electron chi connectivity index (χ0n) is 17.5. The second-order valence-corrected chi connectivity index (χ2v) is 7.83. The normalized spacial score (nSPS) is 11.8. The number of primary amides is 1. The molecule has 0 aliphatic rings. The van der Waals surface area contributed by atoms with Gasteiger partial charge in [-0.05, 0) is 42.0 Å². The number of fused-ring (bicyclic) bond motifs is 1. The summed E-state index contributed by atoms with van der Waals surface area (Å²) in [5.74, 6) is -0.757. The minimum atomic E-state index is -4.66. The molecule has 0 atom stereocenters. The first kappa shape index (κ1) is 23.3. The summed E-state index contributed by atoms with van der Waals surface area (Å²) in [6.45, 7) is 0. The van der Waals surface area contributed by atoms with Gasteiger partial charge >= 0.3 is 6.18 Å². The molecule has 0 unspecified atom stereocenters. The molecule has 0 radical (unpaired) electrons. The van der Waals surface area contributed by atoms with Gasteiger partial charge in [0, 0.05) is 29.9 Å². The summed E-state index contributed by atoms with van der Waals surface area (Å²) in [5.41, 5.74) is 5.92. The molecule has 2 aromatic heterocycles. The van der Waals surface area contributed by atoms with Crippen LogP contribution >= 0.6 is 0 Å². The van der Waals surface area contributed by atoms with Crippen LogP contribution in [0.25, 0.3) is 27.7 Å². The molecular formula is C22H17F3N4O4S. The number of amides is 1. The number of nitrogens with zero attached hydrogens (tertiary/aromatic N) is 3. The van der Waals surface area contributed by atoms with E-state index in [4.69, 9.17) is 5.73 Å². The van der Waals surface area contributed by atoms with E-state index in [1.54, 1.807) is 30.3 Å². The molecule has 0 saturated carbocycles. The van der Waals surface area contributed by atoms with E-state index in [1.807, 2.05) is 0 Å². The fourth-order valence-electron chi connectivity index (χ4n) is 3.67. The number of hydrogen-bond acceptors (Lipinski definition) is 6. The predicted octanol–water partition coefficient (Wildman–Crippen LogP) is 3.70. The number of rotatable bonds is 6. The smallest absolute Gasteiger partial charge is 0.364 e. The van der Waals surface area contributed by atoms with E-state index >= 15 is 0 Å². The van der Waals surface area contributed by atoms with Crippen LogP contribution in [0.2, 0.25) is 0 Å². The first-order chi connectivity index (χ1) is 16.1. The number of aromatic nitrogens is 2. The molecule has 34 heavy (non-hydrogen) atoms. The Morgan fingerprint density at radius 3 is 2.53 bits per heavy atom. The van der Waals surface area contributed by atoms with Gasteiger partial charge < -0.3 is 10.3 Å². The maximum Gasteiger partial charge on any atom is 0.433 e. The van der Waals surface area contributed by atoms with Gasteiger partial charge in [-0.2, -0.15) is 17.5 Å². The lowest BCUT2D eigenvalue weighted by atomic mass is 10.0. The third-order valence-electron chi connectivity index (χ3n) is 5.08. The summed E-state index contributed by atoms with van der Waals surface area (Å²) in [6, 6.07) is 15.2. The number of carbonyl (C=O) groups excluding carboxylic acids is 1. The number of benzene rings is 2. The highest BCUT2D eigenvalue weighted by Gasteiger charge is 2.35. The predicted molar refractivity (Wildman–Crippen MR) is 120 cm³/mol. The number of hydrogen-bond donors (Lipinski definition) is 2. The number of anilines is 1. The molecule has 0 saturated heterocycles. The molecule has 0 fully saturated rings. The number of nitrogens with two attached hydrogens (primary N) is 1. The summed E-state index contributed by atoms with van der Waals surface area (Å²) in [7, 11) is -1.77. The number of halogens is 3. The number of carbonyl (C=O) groups is 1. The van der Waals surface area contributed by atoms with E-state index in [-0.39, 0.29) is 16.8 Å². The fraction of sp³-hybridized carbons (Fsp3) is 0.0909. The van der Waals surface area contributed by atoms with Crippen molar-refractivity contribution in [2.45, 2.75) is 6.18 Å². The molecule has 4 rings (SSSR count). The molecule has 8 nitrogen and oxygen atoms in total. The molecule has 0 aliphatic carbocycles. The van der Waals surface area contributed by atoms with Crippen molar-refractivity contribution in [3.8, 4) is 16.8 Å². The molecule has 2 N–H and O–H groups in total. The Hall–Kier alpha value is -3.90. The lowest BCUT2D eigenvalue weighted by molar-refractivity contribution is -0.140. The van der Waals surface area contributed by atoms with Crippen molar-refractivity contribution in [2.24, 2.45) is 5.73 Å². The van der Waals surface area contributed by atoms with E-state index in [0.717, 1.165) is 11.3 Å². The lowest BCUT2D eigenvalue weighted by Crippen LogP contribution is -2.17. The number of alkyl halides is 3. The molecular weight excluding hydrogens is 473 g/mol. The third-order valence-corrected chi connectivity index (χ3v) is 5.46. The maximum atomic E-state index is 13.5. The van der Waals surface area contributed by atoms with E-state index in [9.17, 15) is 26.4 Å². The van der Waals surface area contributed by atoms with Crippen LogP contribution in [0.1, 0.15) is 16.2 Å². The summed E-state index contributed by atoms with van der Waals surface area (Å²) in [5, 5.41) is 1.62. The van der Waals surface area contributed by atoms with E-state index in [1.165, 1.54) is 41.9 Å². The summed E-state index contributed by atoms with van der Waals surface area (Å²) < 4.78 is 68.5. The first-order valence-corrected chi connectivity index (χ1v) is 10.8. The van der Waals surface area contributed by atoms with Crippen molar-refractivity contribution >= 4 is 33.5 Å². The van der Waals surface area contributed by atoms with Gasteiger partial charge in [0.2, 0.25) is 0 Å². The van der Waals surface area contributed by atoms with Crippen molar-refractivity contribution in [1.29, 1.82) is 0 Å². The summed E-state index contributed by atoms with van der Waals surface area (Å²) >= 11 is 0. The minimum absolute atomic E-state index is 0.0880. The Morgan fingerprint density at radius 2 is 1.85 bits per heavy atom. The van der Waals surface area contributed by atoms with Crippen molar-refractivity contribution in [3.05, 3.63) is 78.2 Å². The summed E-state index contributed by atoms with van der Waals surface area (Å²) in [6.07, 6.45) is -3.59. The zero-order chi connectivity index (χ0) is 24.6. The molecule has 0 aliphatic heterocycles. The van der Waals surface area contributed by atoms with Crippen LogP contribution in [0.4, 0.5) is 18.9 Å². The second-order valence-electron chi connectivity index (χ2n) is 7.22. The van der Waals surface area contributed by atoms with Crippen LogP contribution in [0.3, 0.4) is 0 Å². The SMILES string of the molecule is CN(O[SH](=O)=O)c1ccc2cc(C(N)=O)n(-c3cccc(-c4cccnc4C(F)(F)F)c3)c2c1. The van der Waals surface area contributed by atoms with Gasteiger partial charge in [-0.1, -0.05) is 24.3 Å². The van der Waals surface area contributed by atoms with Crippen LogP contribution in [0.5, 0.6) is 0 Å². The highest BCUT2D eigenvalue weighted by atomic mass is 32.2. The summed E-state index contributed by atoms with van der Waals surface area (Å²) in [4.78, 5) is 15.7. The Kier molecular flexibility index (Phi) is 6.02. The Morgan fingerprint density at radius 1 is 1.09 bits per heavy atom. The molecule has 1 amide bonds. The van der Waals surface area contributed by atoms with Gasteiger partial charge in [0.05, 0.1) is 11.2 Å². The second kappa shape index (κ2) is 8.80. The molecule has 2 aromatic carbocycles. The fourth-order valence-corrected chi connectivity index (χ4v) is 3.96. The van der Waals surface area contributed by atoms with Crippen LogP contribution in [-0.4, -0.2) is 30.9 Å². The molecule has 4 aromatic rings. The molecule has 0 bridgehead atoms. The first-order valence-electron chi connectivity index (χ1n) is 9.71. The van der Waals surface area contributed by atoms with Crippen LogP contribution in [0, 0.1) is 0 Å². The van der Waals surface area contributed by atoms with Gasteiger partial charge in [0.15, 0.2) is 5.69 Å². The monoisotopic (exact) mass is 490 g/mol. The Labute approximate surface area is 193 Å². The van der Waals surface area contributed by atoms with Gasteiger partial charge in [0.1, 0.15) is 5.69 Å². The van der Waals surface area contributed by atoms with Gasteiger partial charge in [-0.15, -0.1) is 0 Å². The Balaban J connectivity index is 1.92. The molecule has 12 heteroatoms. The van der Waals surface area contributed by atoms with Gasteiger partial charge in [-0.25, -0.2) is 13.5 Å². The maximum absolute atomic E-state index is 13.5. The number of pyridine rings is 1. The standard InChI is InChI=1S/C22H17F3N4O4S/c1-28(33-34(31)32)15-8-7-14-11-19(21(26)30)29(18(14)12-15)16-5-2-4-13(10-16)17-6-3-9-27-20(17)22(23,24)25/h2-12,34H,1H3,(H2,26,30). The number of hydroxylamine groups is 1. The highest BCUT2D eigenvalue weighted by Crippen LogP contribution is 2.36. The largest absolute Gasteiger partial charge is 0.433 e. The molecule has 0 spiro atoms. The topological polar surface area (TPSA) is 108 Å². The lowest BCUT2D eigenvalue weighted by Gasteiger charge is -2.16. The van der Waals surface area contributed by atoms with Gasteiger partial charge in [-0.3, -0.25) is 9.78 Å². The van der Waals surface area contributed by atoms with Crippen LogP contribution in [0.15, 0.2) is 66.9 Å². The molecule has 176 valence electrons. The van der Waals surface area contributed by atoms with Crippen molar-refractivity contribution in [2.75, 3.05) is 12.1 Å².